The van der Waals surface area contributed by atoms with Crippen molar-refractivity contribution in [3.8, 4) is 0 Å². The van der Waals surface area contributed by atoms with E-state index in [-0.39, 0.29) is 24.6 Å². The van der Waals surface area contributed by atoms with Gasteiger partial charge in [-0.2, -0.15) is 0 Å². The van der Waals surface area contributed by atoms with Crippen molar-refractivity contribution in [2.75, 3.05) is 18.5 Å². The summed E-state index contributed by atoms with van der Waals surface area (Å²) in [7, 11) is 0. The number of carbonyl (C=O) groups is 2. The van der Waals surface area contributed by atoms with Gasteiger partial charge in [-0.05, 0) is 24.3 Å². The number of nitrogens with zero attached hydrogens (tertiary/aromatic N) is 1. The van der Waals surface area contributed by atoms with Gasteiger partial charge in [-0.3, -0.25) is 9.59 Å². The van der Waals surface area contributed by atoms with E-state index in [0.29, 0.717) is 11.3 Å². The van der Waals surface area contributed by atoms with Crippen LogP contribution in [0.15, 0.2) is 54.6 Å². The molecule has 0 saturated heterocycles. The minimum absolute atomic E-state index is 0.0270. The van der Waals surface area contributed by atoms with Crippen LogP contribution in [0.2, 0.25) is 0 Å². The van der Waals surface area contributed by atoms with Gasteiger partial charge in [0.2, 0.25) is 0 Å². The van der Waals surface area contributed by atoms with Crippen LogP contribution in [-0.2, 0) is 4.84 Å². The molecule has 0 unspecified atom stereocenters. The van der Waals surface area contributed by atoms with E-state index in [9.17, 15) is 19.7 Å². The molecule has 0 bridgehead atoms. The van der Waals surface area contributed by atoms with Crippen molar-refractivity contribution in [2.24, 2.45) is 0 Å². The van der Waals surface area contributed by atoms with Gasteiger partial charge in [0.1, 0.15) is 6.61 Å². The maximum Gasteiger partial charge on any atom is 0.294 e. The third-order valence-corrected chi connectivity index (χ3v) is 3.04. The van der Waals surface area contributed by atoms with Crippen LogP contribution in [0.5, 0.6) is 0 Å². The average Bonchev–Trinajstić information content (AvgIpc) is 2.59. The summed E-state index contributed by atoms with van der Waals surface area (Å²) in [5.41, 5.74) is 1.06. The van der Waals surface area contributed by atoms with Gasteiger partial charge in [0.25, 0.3) is 16.9 Å². The second-order valence-electron chi connectivity index (χ2n) is 4.68. The molecule has 0 saturated carbocycles. The van der Waals surface area contributed by atoms with E-state index in [2.05, 4.69) is 15.5 Å². The Balaban J connectivity index is 2.03. The average molecular weight is 329 g/mol. The summed E-state index contributed by atoms with van der Waals surface area (Å²) in [6.07, 6.45) is 0. The molecule has 0 aromatic heterocycles. The van der Waals surface area contributed by atoms with Gasteiger partial charge in [-0.25, -0.2) is 0 Å². The Morgan fingerprint density at radius 3 is 2.38 bits per heavy atom. The zero-order valence-corrected chi connectivity index (χ0v) is 12.6. The van der Waals surface area contributed by atoms with Crippen LogP contribution in [0.1, 0.15) is 20.7 Å². The van der Waals surface area contributed by atoms with Crippen LogP contribution >= 0.6 is 0 Å². The predicted molar refractivity (Wildman–Crippen MR) is 86.1 cm³/mol. The second-order valence-corrected chi connectivity index (χ2v) is 4.68. The molecule has 2 aromatic carbocycles. The third-order valence-electron chi connectivity index (χ3n) is 3.04. The number of nitrogens with one attached hydrogen (secondary N) is 2. The van der Waals surface area contributed by atoms with Gasteiger partial charge in [0.05, 0.1) is 11.3 Å². The SMILES string of the molecule is O=C(Nc1ccccc1C(=O)NCCO[N+](=O)[O-])c1ccccc1. The number of para-hydroxylation sites is 1. The van der Waals surface area contributed by atoms with Gasteiger partial charge in [-0.1, -0.05) is 30.3 Å². The van der Waals surface area contributed by atoms with E-state index in [4.69, 9.17) is 0 Å². The first-order valence-corrected chi connectivity index (χ1v) is 7.09. The molecule has 124 valence electrons. The molecule has 2 N–H and O–H groups in total. The Morgan fingerprint density at radius 1 is 1.00 bits per heavy atom. The van der Waals surface area contributed by atoms with Gasteiger partial charge >= 0.3 is 0 Å². The van der Waals surface area contributed by atoms with E-state index < -0.39 is 11.0 Å². The van der Waals surface area contributed by atoms with Crippen LogP contribution in [0.3, 0.4) is 0 Å². The fraction of sp³-hybridized carbons (Fsp3) is 0.125. The van der Waals surface area contributed by atoms with Gasteiger partial charge in [-0.15, -0.1) is 10.1 Å². The highest BCUT2D eigenvalue weighted by Gasteiger charge is 2.13. The van der Waals surface area contributed by atoms with E-state index in [1.165, 1.54) is 0 Å². The summed E-state index contributed by atoms with van der Waals surface area (Å²) in [4.78, 5) is 38.5. The summed E-state index contributed by atoms with van der Waals surface area (Å²) in [5, 5.41) is 14.3. The van der Waals surface area contributed by atoms with Crippen LogP contribution in [0.4, 0.5) is 5.69 Å². The summed E-state index contributed by atoms with van der Waals surface area (Å²) < 4.78 is 0. The lowest BCUT2D eigenvalue weighted by Crippen LogP contribution is -2.29. The molecule has 0 fully saturated rings. The van der Waals surface area contributed by atoms with E-state index in [1.807, 2.05) is 0 Å². The van der Waals surface area contributed by atoms with Gasteiger partial charge in [0.15, 0.2) is 0 Å². The Hall–Kier alpha value is -3.42. The van der Waals surface area contributed by atoms with Crippen molar-refractivity contribution in [1.29, 1.82) is 0 Å². The fourth-order valence-electron chi connectivity index (χ4n) is 1.95. The highest BCUT2D eigenvalue weighted by atomic mass is 16.9. The number of hydrogen-bond donors (Lipinski definition) is 2. The predicted octanol–water partition coefficient (Wildman–Crippen LogP) is 1.88. The number of rotatable bonds is 7. The molecule has 0 heterocycles. The number of benzene rings is 2. The lowest BCUT2D eigenvalue weighted by Gasteiger charge is -2.11. The van der Waals surface area contributed by atoms with Crippen molar-refractivity contribution in [3.05, 3.63) is 75.8 Å². The summed E-state index contributed by atoms with van der Waals surface area (Å²) in [5.74, 6) is -0.807. The van der Waals surface area contributed by atoms with Gasteiger partial charge in [0, 0.05) is 12.1 Å². The lowest BCUT2D eigenvalue weighted by atomic mass is 10.1. The summed E-state index contributed by atoms with van der Waals surface area (Å²) >= 11 is 0. The normalized spacial score (nSPS) is 9.83. The molecular weight excluding hydrogens is 314 g/mol. The largest absolute Gasteiger partial charge is 0.350 e. The van der Waals surface area contributed by atoms with Crippen LogP contribution in [0, 0.1) is 10.1 Å². The highest BCUT2D eigenvalue weighted by Crippen LogP contribution is 2.16. The fourth-order valence-corrected chi connectivity index (χ4v) is 1.95. The Bertz CT molecular complexity index is 734. The Morgan fingerprint density at radius 2 is 1.67 bits per heavy atom. The molecule has 24 heavy (non-hydrogen) atoms. The van der Waals surface area contributed by atoms with Crippen molar-refractivity contribution in [2.45, 2.75) is 0 Å². The standard InChI is InChI=1S/C16H15N3O5/c20-15(12-6-2-1-3-7-12)18-14-9-5-4-8-13(14)16(21)17-10-11-24-19(22)23/h1-9H,10-11H2,(H,17,21)(H,18,20). The first-order valence-electron chi connectivity index (χ1n) is 7.09. The zero-order chi connectivity index (χ0) is 17.4. The van der Waals surface area contributed by atoms with Crippen LogP contribution in [0.25, 0.3) is 0 Å². The van der Waals surface area contributed by atoms with E-state index >= 15 is 0 Å². The molecule has 0 atom stereocenters. The first kappa shape index (κ1) is 16.9. The third kappa shape index (κ3) is 4.80. The van der Waals surface area contributed by atoms with Crippen molar-refractivity contribution in [1.82, 2.24) is 5.32 Å². The topological polar surface area (TPSA) is 111 Å². The Kier molecular flexibility index (Phi) is 5.84. The van der Waals surface area contributed by atoms with Crippen LogP contribution < -0.4 is 10.6 Å². The maximum absolute atomic E-state index is 12.2. The molecule has 8 nitrogen and oxygen atoms in total. The summed E-state index contributed by atoms with van der Waals surface area (Å²) in [6, 6.07) is 15.1. The monoisotopic (exact) mass is 329 g/mol. The molecule has 2 rings (SSSR count). The lowest BCUT2D eigenvalue weighted by molar-refractivity contribution is -0.757. The number of hydrogen-bond acceptors (Lipinski definition) is 5. The molecule has 0 aliphatic heterocycles. The highest BCUT2D eigenvalue weighted by molar-refractivity contribution is 6.08. The zero-order valence-electron chi connectivity index (χ0n) is 12.6. The van der Waals surface area contributed by atoms with E-state index in [1.54, 1.807) is 54.6 Å². The molecule has 0 aliphatic rings. The van der Waals surface area contributed by atoms with E-state index in [0.717, 1.165) is 0 Å². The second kappa shape index (κ2) is 8.28. The maximum atomic E-state index is 12.2. The molecule has 2 aromatic rings. The number of amides is 2. The minimum Gasteiger partial charge on any atom is -0.350 e. The molecule has 0 spiro atoms. The molecular formula is C16H15N3O5. The van der Waals surface area contributed by atoms with Crippen molar-refractivity contribution in [3.63, 3.8) is 0 Å². The minimum atomic E-state index is -0.930. The molecule has 0 aliphatic carbocycles. The molecule has 2 amide bonds. The molecule has 0 radical (unpaired) electrons. The van der Waals surface area contributed by atoms with Crippen molar-refractivity contribution >= 4 is 17.5 Å². The van der Waals surface area contributed by atoms with Gasteiger partial charge < -0.3 is 15.5 Å². The summed E-state index contributed by atoms with van der Waals surface area (Å²) in [6.45, 7) is -0.280. The molecule has 8 heteroatoms. The number of anilines is 1. The smallest absolute Gasteiger partial charge is 0.294 e. The Labute approximate surface area is 137 Å². The number of carbonyl (C=O) groups excluding carboxylic acids is 2. The quantitative estimate of drug-likeness (QED) is 0.458. The first-order chi connectivity index (χ1) is 11.6. The van der Waals surface area contributed by atoms with Crippen molar-refractivity contribution < 1.29 is 19.5 Å². The van der Waals surface area contributed by atoms with Crippen LogP contribution in [-0.4, -0.2) is 30.1 Å².